The molecule has 2 aromatic carbocycles. The lowest BCUT2D eigenvalue weighted by molar-refractivity contribution is -0.113. The van der Waals surface area contributed by atoms with Gasteiger partial charge < -0.3 is 19.2 Å². The van der Waals surface area contributed by atoms with Gasteiger partial charge in [0, 0.05) is 15.7 Å². The average molecular weight is 434 g/mol. The predicted octanol–water partition coefficient (Wildman–Crippen LogP) is 3.96. The predicted molar refractivity (Wildman–Crippen MR) is 99.4 cm³/mol. The first kappa shape index (κ1) is 16.9. The van der Waals surface area contributed by atoms with Gasteiger partial charge in [0.2, 0.25) is 18.6 Å². The summed E-state index contributed by atoms with van der Waals surface area (Å²) in [5.74, 6) is 1.70. The molecule has 1 aromatic heterocycles. The fraction of sp³-hybridized carbons (Fsp3) is 0.118. The van der Waals surface area contributed by atoms with Crippen LogP contribution in [0.4, 0.5) is 5.69 Å². The fourth-order valence-corrected chi connectivity index (χ4v) is 3.10. The number of rotatable bonds is 5. The summed E-state index contributed by atoms with van der Waals surface area (Å²) >= 11 is 4.53. The first-order chi connectivity index (χ1) is 12.7. The fourth-order valence-electron chi connectivity index (χ4n) is 2.27. The maximum absolute atomic E-state index is 12.0. The Bertz CT molecular complexity index is 945. The van der Waals surface area contributed by atoms with E-state index in [1.54, 1.807) is 12.1 Å². The van der Waals surface area contributed by atoms with Crippen molar-refractivity contribution < 1.29 is 18.7 Å². The second-order valence-corrected chi connectivity index (χ2v) is 7.13. The Kier molecular flexibility index (Phi) is 4.81. The van der Waals surface area contributed by atoms with Crippen LogP contribution < -0.4 is 14.8 Å². The van der Waals surface area contributed by atoms with Crippen molar-refractivity contribution in [3.8, 4) is 23.0 Å². The van der Waals surface area contributed by atoms with Gasteiger partial charge in [0.1, 0.15) is 0 Å². The summed E-state index contributed by atoms with van der Waals surface area (Å²) in [5, 5.41) is 11.1. The third-order valence-corrected chi connectivity index (χ3v) is 4.83. The molecule has 3 aromatic rings. The highest BCUT2D eigenvalue weighted by Crippen LogP contribution is 2.36. The Morgan fingerprint density at radius 1 is 1.12 bits per heavy atom. The molecule has 1 N–H and O–H groups in total. The number of aromatic nitrogens is 2. The molecule has 2 heterocycles. The van der Waals surface area contributed by atoms with Gasteiger partial charge >= 0.3 is 0 Å². The highest BCUT2D eigenvalue weighted by atomic mass is 79.9. The van der Waals surface area contributed by atoms with Crippen LogP contribution in [0.1, 0.15) is 0 Å². The molecule has 0 saturated heterocycles. The molecule has 0 atom stereocenters. The van der Waals surface area contributed by atoms with E-state index in [2.05, 4.69) is 31.4 Å². The highest BCUT2D eigenvalue weighted by Gasteiger charge is 2.17. The van der Waals surface area contributed by atoms with E-state index in [9.17, 15) is 4.79 Å². The third-order valence-electron chi connectivity index (χ3n) is 3.48. The van der Waals surface area contributed by atoms with Crippen LogP contribution >= 0.6 is 27.7 Å². The Hall–Kier alpha value is -2.52. The van der Waals surface area contributed by atoms with Gasteiger partial charge in [0.05, 0.1) is 5.75 Å². The molecule has 26 heavy (non-hydrogen) atoms. The van der Waals surface area contributed by atoms with Crippen LogP contribution in [-0.2, 0) is 4.79 Å². The molecule has 1 amide bonds. The van der Waals surface area contributed by atoms with Crippen molar-refractivity contribution >= 4 is 39.3 Å². The number of carbonyl (C=O) groups is 1. The number of thioether (sulfide) groups is 1. The standard InChI is InChI=1S/C17H12BrN3O4S/c18-11-2-4-12(5-3-11)19-15(22)8-26-17-21-20-16(25-17)10-1-6-13-14(7-10)24-9-23-13/h1-7H,8-9H2,(H,19,22). The second kappa shape index (κ2) is 7.38. The van der Waals surface area contributed by atoms with Crippen molar-refractivity contribution in [2.24, 2.45) is 0 Å². The van der Waals surface area contributed by atoms with Crippen LogP contribution in [0.5, 0.6) is 11.5 Å². The lowest BCUT2D eigenvalue weighted by Gasteiger charge is -2.03. The van der Waals surface area contributed by atoms with Crippen molar-refractivity contribution in [1.82, 2.24) is 10.2 Å². The van der Waals surface area contributed by atoms with Gasteiger partial charge in [-0.05, 0) is 42.5 Å². The lowest BCUT2D eigenvalue weighted by Crippen LogP contribution is -2.13. The van der Waals surface area contributed by atoms with Crippen molar-refractivity contribution in [3.05, 3.63) is 46.9 Å². The number of halogens is 1. The number of hydrogen-bond acceptors (Lipinski definition) is 7. The molecule has 0 fully saturated rings. The second-order valence-electron chi connectivity index (χ2n) is 5.28. The first-order valence-corrected chi connectivity index (χ1v) is 9.37. The molecule has 0 aliphatic carbocycles. The number of carbonyl (C=O) groups excluding carboxylic acids is 1. The summed E-state index contributed by atoms with van der Waals surface area (Å²) in [6.07, 6.45) is 0. The normalized spacial score (nSPS) is 12.2. The quantitative estimate of drug-likeness (QED) is 0.609. The summed E-state index contributed by atoms with van der Waals surface area (Å²) in [4.78, 5) is 12.0. The van der Waals surface area contributed by atoms with Crippen LogP contribution in [0.2, 0.25) is 0 Å². The van der Waals surface area contributed by atoms with Gasteiger partial charge in [-0.25, -0.2) is 0 Å². The zero-order valence-corrected chi connectivity index (χ0v) is 15.7. The van der Waals surface area contributed by atoms with Crippen LogP contribution in [0.25, 0.3) is 11.5 Å². The van der Waals surface area contributed by atoms with E-state index in [4.69, 9.17) is 13.9 Å². The lowest BCUT2D eigenvalue weighted by atomic mass is 10.2. The Labute approximate surface area is 161 Å². The minimum absolute atomic E-state index is 0.153. The van der Waals surface area contributed by atoms with Gasteiger partial charge in [-0.3, -0.25) is 4.79 Å². The van der Waals surface area contributed by atoms with E-state index < -0.39 is 0 Å². The van der Waals surface area contributed by atoms with E-state index in [1.807, 2.05) is 30.3 Å². The van der Waals surface area contributed by atoms with Gasteiger partial charge in [0.15, 0.2) is 11.5 Å². The number of nitrogens with zero attached hydrogens (tertiary/aromatic N) is 2. The molecule has 1 aliphatic heterocycles. The van der Waals surface area contributed by atoms with E-state index in [1.165, 1.54) is 11.8 Å². The molecular formula is C17H12BrN3O4S. The molecule has 4 rings (SSSR count). The molecule has 9 heteroatoms. The SMILES string of the molecule is O=C(CSc1nnc(-c2ccc3c(c2)OCO3)o1)Nc1ccc(Br)cc1. The van der Waals surface area contributed by atoms with E-state index in [0.717, 1.165) is 15.7 Å². The first-order valence-electron chi connectivity index (χ1n) is 7.59. The summed E-state index contributed by atoms with van der Waals surface area (Å²) in [6, 6.07) is 12.7. The minimum atomic E-state index is -0.153. The number of ether oxygens (including phenoxy) is 2. The number of hydrogen-bond donors (Lipinski definition) is 1. The molecule has 0 bridgehead atoms. The molecule has 0 saturated carbocycles. The molecule has 0 unspecified atom stereocenters. The molecule has 132 valence electrons. The van der Waals surface area contributed by atoms with Gasteiger partial charge in [-0.2, -0.15) is 0 Å². The van der Waals surface area contributed by atoms with Gasteiger partial charge in [-0.1, -0.05) is 27.7 Å². The van der Waals surface area contributed by atoms with Crippen molar-refractivity contribution in [2.75, 3.05) is 17.9 Å². The van der Waals surface area contributed by atoms with Crippen LogP contribution in [-0.4, -0.2) is 28.7 Å². The van der Waals surface area contributed by atoms with E-state index >= 15 is 0 Å². The number of nitrogens with one attached hydrogen (secondary N) is 1. The third kappa shape index (κ3) is 3.83. The molecule has 1 aliphatic rings. The van der Waals surface area contributed by atoms with Crippen LogP contribution in [0, 0.1) is 0 Å². The summed E-state index contributed by atoms with van der Waals surface area (Å²) in [7, 11) is 0. The van der Waals surface area contributed by atoms with Crippen LogP contribution in [0.3, 0.4) is 0 Å². The number of amides is 1. The number of benzene rings is 2. The Morgan fingerprint density at radius 3 is 2.77 bits per heavy atom. The zero-order chi connectivity index (χ0) is 17.9. The number of fused-ring (bicyclic) bond motifs is 1. The Balaban J connectivity index is 1.36. The van der Waals surface area contributed by atoms with Gasteiger partial charge in [0.25, 0.3) is 5.22 Å². The van der Waals surface area contributed by atoms with Gasteiger partial charge in [-0.15, -0.1) is 10.2 Å². The molecule has 7 nitrogen and oxygen atoms in total. The molecular weight excluding hydrogens is 422 g/mol. The topological polar surface area (TPSA) is 86.5 Å². The highest BCUT2D eigenvalue weighted by molar-refractivity contribution is 9.10. The van der Waals surface area contributed by atoms with Crippen LogP contribution in [0.15, 0.2) is 56.6 Å². The minimum Gasteiger partial charge on any atom is -0.454 e. The van der Waals surface area contributed by atoms with E-state index in [0.29, 0.717) is 22.6 Å². The monoisotopic (exact) mass is 433 g/mol. The smallest absolute Gasteiger partial charge is 0.277 e. The molecule has 0 spiro atoms. The van der Waals surface area contributed by atoms with E-state index in [-0.39, 0.29) is 18.5 Å². The largest absolute Gasteiger partial charge is 0.454 e. The Morgan fingerprint density at radius 2 is 1.92 bits per heavy atom. The zero-order valence-electron chi connectivity index (χ0n) is 13.3. The van der Waals surface area contributed by atoms with Crippen molar-refractivity contribution in [1.29, 1.82) is 0 Å². The maximum atomic E-state index is 12.0. The maximum Gasteiger partial charge on any atom is 0.277 e. The van der Waals surface area contributed by atoms with Crippen molar-refractivity contribution in [3.63, 3.8) is 0 Å². The summed E-state index contributed by atoms with van der Waals surface area (Å²) in [5.41, 5.74) is 1.46. The summed E-state index contributed by atoms with van der Waals surface area (Å²) in [6.45, 7) is 0.206. The average Bonchev–Trinajstić information content (AvgIpc) is 3.30. The number of anilines is 1. The molecule has 0 radical (unpaired) electrons. The summed E-state index contributed by atoms with van der Waals surface area (Å²) < 4.78 is 17.2. The van der Waals surface area contributed by atoms with Crippen molar-refractivity contribution in [2.45, 2.75) is 5.22 Å².